The van der Waals surface area contributed by atoms with Gasteiger partial charge in [0.2, 0.25) is 0 Å². The van der Waals surface area contributed by atoms with E-state index in [1.54, 1.807) is 18.2 Å². The zero-order chi connectivity index (χ0) is 15.9. The topological polar surface area (TPSA) is 100 Å². The van der Waals surface area contributed by atoms with Crippen molar-refractivity contribution in [1.29, 1.82) is 0 Å². The molecule has 0 aliphatic heterocycles. The first-order valence-electron chi connectivity index (χ1n) is 6.21. The fraction of sp³-hybridized carbons (Fsp3) is 0.0714. The van der Waals surface area contributed by atoms with Crippen LogP contribution in [0.2, 0.25) is 0 Å². The van der Waals surface area contributed by atoms with Crippen LogP contribution in [0.4, 0.5) is 0 Å². The standard InChI is InChI=1S/C14H12BrN3O4/c15-9-3-1-4-10(7-9)22-8-12(19)17-18-14(21)11-5-2-6-16-13(11)20/h1-7H,8H2,(H,16,20)(H,17,19)(H,18,21). The van der Waals surface area contributed by atoms with Gasteiger partial charge in [0.15, 0.2) is 6.61 Å². The van der Waals surface area contributed by atoms with Crippen LogP contribution in [0.1, 0.15) is 10.4 Å². The van der Waals surface area contributed by atoms with Gasteiger partial charge in [0, 0.05) is 10.7 Å². The van der Waals surface area contributed by atoms with Crippen LogP contribution in [0.15, 0.2) is 51.9 Å². The Bertz CT molecular complexity index is 745. The predicted molar refractivity (Wildman–Crippen MR) is 82.3 cm³/mol. The maximum absolute atomic E-state index is 11.7. The second-order valence-electron chi connectivity index (χ2n) is 4.16. The van der Waals surface area contributed by atoms with Crippen molar-refractivity contribution in [3.63, 3.8) is 0 Å². The predicted octanol–water partition coefficient (Wildman–Crippen LogP) is 0.977. The van der Waals surface area contributed by atoms with Gasteiger partial charge in [-0.3, -0.25) is 25.2 Å². The molecular weight excluding hydrogens is 354 g/mol. The van der Waals surface area contributed by atoms with E-state index in [1.807, 2.05) is 6.07 Å². The highest BCUT2D eigenvalue weighted by atomic mass is 79.9. The Hall–Kier alpha value is -2.61. The number of benzene rings is 1. The summed E-state index contributed by atoms with van der Waals surface area (Å²) in [6.45, 7) is -0.276. The van der Waals surface area contributed by atoms with Gasteiger partial charge in [0.1, 0.15) is 11.3 Å². The summed E-state index contributed by atoms with van der Waals surface area (Å²) in [5, 5.41) is 0. The number of halogens is 1. The minimum atomic E-state index is -0.711. The largest absolute Gasteiger partial charge is 0.484 e. The minimum absolute atomic E-state index is 0.101. The number of ether oxygens (including phenoxy) is 1. The Labute approximate surface area is 133 Å². The third-order valence-electron chi connectivity index (χ3n) is 2.54. The molecule has 0 aliphatic rings. The maximum Gasteiger partial charge on any atom is 0.276 e. The number of amides is 2. The second-order valence-corrected chi connectivity index (χ2v) is 5.08. The number of carbonyl (C=O) groups is 2. The summed E-state index contributed by atoms with van der Waals surface area (Å²) in [5.41, 5.74) is 3.66. The van der Waals surface area contributed by atoms with Crippen molar-refractivity contribution in [2.24, 2.45) is 0 Å². The van der Waals surface area contributed by atoms with Crippen LogP contribution < -0.4 is 21.1 Å². The van der Waals surface area contributed by atoms with Crippen molar-refractivity contribution in [1.82, 2.24) is 15.8 Å². The third-order valence-corrected chi connectivity index (χ3v) is 3.04. The highest BCUT2D eigenvalue weighted by Gasteiger charge is 2.10. The molecule has 0 saturated heterocycles. The highest BCUT2D eigenvalue weighted by Crippen LogP contribution is 2.17. The Morgan fingerprint density at radius 1 is 1.18 bits per heavy atom. The molecule has 1 aromatic carbocycles. The molecule has 0 spiro atoms. The van der Waals surface area contributed by atoms with E-state index in [-0.39, 0.29) is 12.2 Å². The first-order chi connectivity index (χ1) is 10.6. The molecule has 0 fully saturated rings. The van der Waals surface area contributed by atoms with Crippen LogP contribution in [-0.2, 0) is 4.79 Å². The summed E-state index contributed by atoms with van der Waals surface area (Å²) >= 11 is 3.28. The Morgan fingerprint density at radius 3 is 2.73 bits per heavy atom. The van der Waals surface area contributed by atoms with E-state index in [9.17, 15) is 14.4 Å². The third kappa shape index (κ3) is 4.45. The number of nitrogens with one attached hydrogen (secondary N) is 3. The van der Waals surface area contributed by atoms with E-state index in [0.717, 1.165) is 4.47 Å². The van der Waals surface area contributed by atoms with Gasteiger partial charge in [-0.1, -0.05) is 22.0 Å². The summed E-state index contributed by atoms with van der Waals surface area (Å²) in [4.78, 5) is 37.0. The SMILES string of the molecule is O=C(COc1cccc(Br)c1)NNC(=O)c1ccc[nH]c1=O. The Kier molecular flexibility index (Phi) is 5.31. The molecule has 1 aromatic heterocycles. The van der Waals surface area contributed by atoms with Crippen molar-refractivity contribution in [3.05, 3.63) is 63.0 Å². The Balaban J connectivity index is 1.82. The number of pyridine rings is 1. The van der Waals surface area contributed by atoms with Crippen LogP contribution in [0.25, 0.3) is 0 Å². The quantitative estimate of drug-likeness (QED) is 0.703. The van der Waals surface area contributed by atoms with Gasteiger partial charge in [-0.25, -0.2) is 0 Å². The van der Waals surface area contributed by atoms with Crippen molar-refractivity contribution < 1.29 is 14.3 Å². The molecule has 2 aromatic rings. The lowest BCUT2D eigenvalue weighted by atomic mass is 10.3. The lowest BCUT2D eigenvalue weighted by molar-refractivity contribution is -0.123. The first kappa shape index (κ1) is 15.8. The summed E-state index contributed by atoms with van der Waals surface area (Å²) in [6, 6.07) is 9.84. The summed E-state index contributed by atoms with van der Waals surface area (Å²) < 4.78 is 6.07. The van der Waals surface area contributed by atoms with Gasteiger partial charge in [0.05, 0.1) is 0 Å². The lowest BCUT2D eigenvalue weighted by Crippen LogP contribution is -2.45. The van der Waals surface area contributed by atoms with E-state index in [2.05, 4.69) is 31.8 Å². The van der Waals surface area contributed by atoms with Crippen LogP contribution in [-0.4, -0.2) is 23.4 Å². The molecule has 0 atom stereocenters. The monoisotopic (exact) mass is 365 g/mol. The summed E-state index contributed by atoms with van der Waals surface area (Å²) in [7, 11) is 0. The molecule has 2 rings (SSSR count). The van der Waals surface area contributed by atoms with Crippen LogP contribution in [0.5, 0.6) is 5.75 Å². The number of hydrogen-bond acceptors (Lipinski definition) is 4. The average molecular weight is 366 g/mol. The zero-order valence-electron chi connectivity index (χ0n) is 11.3. The molecule has 0 aliphatic carbocycles. The molecule has 3 N–H and O–H groups in total. The number of hydrogen-bond donors (Lipinski definition) is 3. The fourth-order valence-electron chi connectivity index (χ4n) is 1.54. The molecule has 114 valence electrons. The molecule has 0 saturated carbocycles. The van der Waals surface area contributed by atoms with Crippen molar-refractivity contribution in [2.75, 3.05) is 6.61 Å². The molecule has 7 nitrogen and oxygen atoms in total. The van der Waals surface area contributed by atoms with Crippen molar-refractivity contribution >= 4 is 27.7 Å². The van der Waals surface area contributed by atoms with E-state index in [4.69, 9.17) is 4.74 Å². The van der Waals surface area contributed by atoms with Gasteiger partial charge in [0.25, 0.3) is 17.4 Å². The van der Waals surface area contributed by atoms with E-state index < -0.39 is 17.4 Å². The number of aromatic amines is 1. The number of H-pyrrole nitrogens is 1. The average Bonchev–Trinajstić information content (AvgIpc) is 2.51. The maximum atomic E-state index is 11.7. The smallest absolute Gasteiger partial charge is 0.276 e. The van der Waals surface area contributed by atoms with Gasteiger partial charge >= 0.3 is 0 Å². The highest BCUT2D eigenvalue weighted by molar-refractivity contribution is 9.10. The molecule has 8 heteroatoms. The van der Waals surface area contributed by atoms with E-state index in [0.29, 0.717) is 5.75 Å². The van der Waals surface area contributed by atoms with Crippen LogP contribution >= 0.6 is 15.9 Å². The van der Waals surface area contributed by atoms with Gasteiger partial charge in [-0.2, -0.15) is 0 Å². The van der Waals surface area contributed by atoms with Crippen molar-refractivity contribution in [2.45, 2.75) is 0 Å². The van der Waals surface area contributed by atoms with Gasteiger partial charge in [-0.05, 0) is 30.3 Å². The molecule has 2 amide bonds. The molecule has 22 heavy (non-hydrogen) atoms. The van der Waals surface area contributed by atoms with Crippen LogP contribution in [0, 0.1) is 0 Å². The normalized spacial score (nSPS) is 9.86. The lowest BCUT2D eigenvalue weighted by Gasteiger charge is -2.08. The van der Waals surface area contributed by atoms with Crippen molar-refractivity contribution in [3.8, 4) is 5.75 Å². The summed E-state index contributed by atoms with van der Waals surface area (Å²) in [6.07, 6.45) is 1.41. The van der Waals surface area contributed by atoms with Gasteiger partial charge < -0.3 is 9.72 Å². The molecule has 1 heterocycles. The first-order valence-corrected chi connectivity index (χ1v) is 7.01. The van der Waals surface area contributed by atoms with E-state index in [1.165, 1.54) is 18.3 Å². The molecule has 0 unspecified atom stereocenters. The Morgan fingerprint density at radius 2 is 2.00 bits per heavy atom. The number of rotatable bonds is 4. The van der Waals surface area contributed by atoms with E-state index >= 15 is 0 Å². The summed E-state index contributed by atoms with van der Waals surface area (Å²) in [5.74, 6) is -0.756. The number of hydrazine groups is 1. The molecule has 0 bridgehead atoms. The number of carbonyl (C=O) groups excluding carboxylic acids is 2. The fourth-order valence-corrected chi connectivity index (χ4v) is 1.91. The van der Waals surface area contributed by atoms with Crippen LogP contribution in [0.3, 0.4) is 0 Å². The second kappa shape index (κ2) is 7.41. The zero-order valence-corrected chi connectivity index (χ0v) is 12.8. The molecular formula is C14H12BrN3O4. The number of aromatic nitrogens is 1. The minimum Gasteiger partial charge on any atom is -0.484 e. The molecule has 0 radical (unpaired) electrons. The van der Waals surface area contributed by atoms with Gasteiger partial charge in [-0.15, -0.1) is 0 Å².